The fourth-order valence-electron chi connectivity index (χ4n) is 2.35. The molecule has 122 valence electrons. The highest BCUT2D eigenvalue weighted by Gasteiger charge is 2.09. The van der Waals surface area contributed by atoms with Gasteiger partial charge in [0.1, 0.15) is 0 Å². The summed E-state index contributed by atoms with van der Waals surface area (Å²) in [5.41, 5.74) is 4.25. The van der Waals surface area contributed by atoms with Gasteiger partial charge in [-0.3, -0.25) is 9.59 Å². The first-order valence-electron chi connectivity index (χ1n) is 7.49. The van der Waals surface area contributed by atoms with Crippen molar-refractivity contribution in [2.45, 2.75) is 39.3 Å². The van der Waals surface area contributed by atoms with E-state index in [-0.39, 0.29) is 17.2 Å². The highest BCUT2D eigenvalue weighted by atomic mass is 32.2. The Morgan fingerprint density at radius 3 is 2.48 bits per heavy atom. The molecule has 0 aliphatic rings. The van der Waals surface area contributed by atoms with Gasteiger partial charge in [0.05, 0.1) is 11.4 Å². The number of aryl methyl sites for hydroxylation is 3. The van der Waals surface area contributed by atoms with E-state index in [0.29, 0.717) is 17.1 Å². The van der Waals surface area contributed by atoms with Crippen molar-refractivity contribution < 1.29 is 4.79 Å². The number of carbonyl (C=O) groups is 1. The molecule has 23 heavy (non-hydrogen) atoms. The summed E-state index contributed by atoms with van der Waals surface area (Å²) in [5.74, 6) is 0.0728. The molecule has 2 rings (SSSR count). The Kier molecular flexibility index (Phi) is 5.60. The third kappa shape index (κ3) is 4.69. The van der Waals surface area contributed by atoms with E-state index in [2.05, 4.69) is 21.4 Å². The molecule has 1 aromatic heterocycles. The quantitative estimate of drug-likeness (QED) is 0.652. The number of benzene rings is 1. The van der Waals surface area contributed by atoms with Gasteiger partial charge in [-0.05, 0) is 50.5 Å². The molecule has 0 radical (unpaired) electrons. The lowest BCUT2D eigenvalue weighted by Crippen LogP contribution is -2.18. The molecule has 0 aliphatic carbocycles. The number of aromatic nitrogens is 2. The molecule has 2 aromatic rings. The smallest absolute Gasteiger partial charge is 0.254 e. The molecule has 0 unspecified atom stereocenters. The van der Waals surface area contributed by atoms with Gasteiger partial charge >= 0.3 is 0 Å². The van der Waals surface area contributed by atoms with Crippen molar-refractivity contribution >= 4 is 23.4 Å². The highest BCUT2D eigenvalue weighted by Crippen LogP contribution is 2.16. The van der Waals surface area contributed by atoms with Crippen LogP contribution in [0.5, 0.6) is 0 Å². The van der Waals surface area contributed by atoms with Crippen LogP contribution in [0.2, 0.25) is 0 Å². The maximum Gasteiger partial charge on any atom is 0.254 e. The number of aromatic amines is 1. The summed E-state index contributed by atoms with van der Waals surface area (Å²) in [7, 11) is 0. The summed E-state index contributed by atoms with van der Waals surface area (Å²) < 4.78 is 0. The normalized spacial score (nSPS) is 10.6. The van der Waals surface area contributed by atoms with Crippen LogP contribution >= 0.6 is 11.8 Å². The van der Waals surface area contributed by atoms with Crippen LogP contribution in [-0.2, 0) is 11.2 Å². The Labute approximate surface area is 139 Å². The Morgan fingerprint density at radius 1 is 1.22 bits per heavy atom. The highest BCUT2D eigenvalue weighted by molar-refractivity contribution is 7.99. The lowest BCUT2D eigenvalue weighted by molar-refractivity contribution is -0.113. The number of amides is 1. The van der Waals surface area contributed by atoms with Crippen molar-refractivity contribution in [3.63, 3.8) is 0 Å². The first kappa shape index (κ1) is 17.3. The molecule has 2 N–H and O–H groups in total. The topological polar surface area (TPSA) is 74.8 Å². The van der Waals surface area contributed by atoms with Crippen LogP contribution in [0.3, 0.4) is 0 Å². The lowest BCUT2D eigenvalue weighted by atomic mass is 10.1. The van der Waals surface area contributed by atoms with E-state index in [9.17, 15) is 9.59 Å². The molecule has 1 aromatic carbocycles. The fourth-order valence-corrected chi connectivity index (χ4v) is 3.03. The minimum Gasteiger partial charge on any atom is -0.325 e. The first-order chi connectivity index (χ1) is 10.9. The van der Waals surface area contributed by atoms with E-state index in [1.54, 1.807) is 6.92 Å². The van der Waals surface area contributed by atoms with E-state index in [0.717, 1.165) is 22.5 Å². The Hall–Kier alpha value is -2.08. The molecule has 0 saturated heterocycles. The van der Waals surface area contributed by atoms with Gasteiger partial charge < -0.3 is 10.3 Å². The van der Waals surface area contributed by atoms with Crippen LogP contribution in [0.1, 0.15) is 29.3 Å². The summed E-state index contributed by atoms with van der Waals surface area (Å²) in [4.78, 5) is 31.0. The number of nitrogens with one attached hydrogen (secondary N) is 2. The van der Waals surface area contributed by atoms with E-state index in [1.165, 1.54) is 11.8 Å². The number of hydrogen-bond acceptors (Lipinski definition) is 4. The van der Waals surface area contributed by atoms with E-state index in [1.807, 2.05) is 32.9 Å². The van der Waals surface area contributed by atoms with Crippen molar-refractivity contribution in [3.8, 4) is 0 Å². The average molecular weight is 331 g/mol. The molecule has 0 bridgehead atoms. The van der Waals surface area contributed by atoms with Crippen LogP contribution in [0.4, 0.5) is 5.69 Å². The standard InChI is InChI=1S/C17H21N3O2S/c1-5-14-12(4)16(22)20-17(19-14)23-9-15(21)18-13-7-10(2)6-11(3)8-13/h6-8H,5,9H2,1-4H3,(H,18,21)(H,19,20,22). The van der Waals surface area contributed by atoms with Gasteiger partial charge in [0.15, 0.2) is 5.16 Å². The second-order valence-electron chi connectivity index (χ2n) is 5.51. The van der Waals surface area contributed by atoms with Crippen LogP contribution in [0, 0.1) is 20.8 Å². The molecular weight excluding hydrogens is 310 g/mol. The molecule has 6 heteroatoms. The second-order valence-corrected chi connectivity index (χ2v) is 6.47. The number of thioether (sulfide) groups is 1. The largest absolute Gasteiger partial charge is 0.325 e. The van der Waals surface area contributed by atoms with Gasteiger partial charge in [-0.25, -0.2) is 4.98 Å². The number of anilines is 1. The summed E-state index contributed by atoms with van der Waals surface area (Å²) in [6.07, 6.45) is 0.693. The predicted molar refractivity (Wildman–Crippen MR) is 94.2 cm³/mol. The van der Waals surface area contributed by atoms with Gasteiger partial charge in [0.25, 0.3) is 5.56 Å². The van der Waals surface area contributed by atoms with Gasteiger partial charge in [-0.1, -0.05) is 24.8 Å². The molecule has 0 spiro atoms. The van der Waals surface area contributed by atoms with Crippen molar-refractivity contribution in [2.75, 3.05) is 11.1 Å². The monoisotopic (exact) mass is 331 g/mol. The number of hydrogen-bond donors (Lipinski definition) is 2. The number of nitrogens with zero attached hydrogens (tertiary/aromatic N) is 1. The summed E-state index contributed by atoms with van der Waals surface area (Å²) in [6.45, 7) is 7.69. The van der Waals surface area contributed by atoms with Crippen LogP contribution in [-0.4, -0.2) is 21.6 Å². The summed E-state index contributed by atoms with van der Waals surface area (Å²) in [6, 6.07) is 5.91. The zero-order valence-electron chi connectivity index (χ0n) is 13.8. The van der Waals surface area contributed by atoms with Crippen LogP contribution < -0.4 is 10.9 Å². The molecular formula is C17H21N3O2S. The number of rotatable bonds is 5. The third-order valence-electron chi connectivity index (χ3n) is 3.41. The maximum absolute atomic E-state index is 12.1. The average Bonchev–Trinajstić information content (AvgIpc) is 2.47. The van der Waals surface area contributed by atoms with Gasteiger partial charge in [-0.2, -0.15) is 0 Å². The summed E-state index contributed by atoms with van der Waals surface area (Å²) >= 11 is 1.23. The number of H-pyrrole nitrogens is 1. The zero-order valence-corrected chi connectivity index (χ0v) is 14.6. The SMILES string of the molecule is CCc1nc(SCC(=O)Nc2cc(C)cc(C)c2)[nH]c(=O)c1C. The molecule has 0 atom stereocenters. The van der Waals surface area contributed by atoms with Crippen molar-refractivity contribution in [3.05, 3.63) is 50.9 Å². The van der Waals surface area contributed by atoms with Crippen LogP contribution in [0.15, 0.2) is 28.2 Å². The van der Waals surface area contributed by atoms with E-state index < -0.39 is 0 Å². The van der Waals surface area contributed by atoms with E-state index >= 15 is 0 Å². The van der Waals surface area contributed by atoms with E-state index in [4.69, 9.17) is 0 Å². The lowest BCUT2D eigenvalue weighted by Gasteiger charge is -2.08. The van der Waals surface area contributed by atoms with Crippen molar-refractivity contribution in [1.29, 1.82) is 0 Å². The summed E-state index contributed by atoms with van der Waals surface area (Å²) in [5, 5.41) is 3.35. The minimum atomic E-state index is -0.144. The predicted octanol–water partition coefficient (Wildman–Crippen LogP) is 2.99. The Bertz CT molecular complexity index is 764. The molecule has 1 amide bonds. The Balaban J connectivity index is 2.02. The molecule has 0 saturated carbocycles. The van der Waals surface area contributed by atoms with Crippen molar-refractivity contribution in [2.24, 2.45) is 0 Å². The molecule has 1 heterocycles. The maximum atomic E-state index is 12.1. The Morgan fingerprint density at radius 2 is 1.87 bits per heavy atom. The fraction of sp³-hybridized carbons (Fsp3) is 0.353. The molecule has 5 nitrogen and oxygen atoms in total. The number of carbonyl (C=O) groups excluding carboxylic acids is 1. The first-order valence-corrected chi connectivity index (χ1v) is 8.48. The van der Waals surface area contributed by atoms with Crippen molar-refractivity contribution in [1.82, 2.24) is 9.97 Å². The zero-order chi connectivity index (χ0) is 17.0. The van der Waals surface area contributed by atoms with Gasteiger partial charge in [0.2, 0.25) is 5.91 Å². The minimum absolute atomic E-state index is 0.124. The third-order valence-corrected chi connectivity index (χ3v) is 4.28. The van der Waals surface area contributed by atoms with Gasteiger partial charge in [0, 0.05) is 11.3 Å². The molecule has 0 aliphatic heterocycles. The van der Waals surface area contributed by atoms with Gasteiger partial charge in [-0.15, -0.1) is 0 Å². The second kappa shape index (κ2) is 7.46. The van der Waals surface area contributed by atoms with Crippen LogP contribution in [0.25, 0.3) is 0 Å². The molecule has 0 fully saturated rings.